The number of pyridine rings is 1. The zero-order valence-corrected chi connectivity index (χ0v) is 11.9. The molecule has 0 aliphatic heterocycles. The summed E-state index contributed by atoms with van der Waals surface area (Å²) in [4.78, 5) is 4.33. The van der Waals surface area contributed by atoms with Gasteiger partial charge < -0.3 is 5.11 Å². The second-order valence-corrected chi connectivity index (χ2v) is 5.04. The number of para-hydroxylation sites is 1. The van der Waals surface area contributed by atoms with Crippen LogP contribution in [0.4, 0.5) is 13.2 Å². The van der Waals surface area contributed by atoms with E-state index in [4.69, 9.17) is 0 Å². The Morgan fingerprint density at radius 3 is 2.30 bits per heavy atom. The summed E-state index contributed by atoms with van der Waals surface area (Å²) in [5.41, 5.74) is 1.06. The summed E-state index contributed by atoms with van der Waals surface area (Å²) in [7, 11) is 0. The van der Waals surface area contributed by atoms with Crippen LogP contribution in [0.2, 0.25) is 0 Å². The van der Waals surface area contributed by atoms with Crippen molar-refractivity contribution in [2.24, 2.45) is 0 Å². The minimum absolute atomic E-state index is 0.0901. The summed E-state index contributed by atoms with van der Waals surface area (Å²) in [6, 6.07) is 13.6. The number of benzene rings is 2. The van der Waals surface area contributed by atoms with Crippen LogP contribution < -0.4 is 0 Å². The van der Waals surface area contributed by atoms with Crippen LogP contribution in [0.3, 0.4) is 0 Å². The van der Waals surface area contributed by atoms with Crippen LogP contribution in [0.1, 0.15) is 16.8 Å². The summed E-state index contributed by atoms with van der Waals surface area (Å²) in [5.74, 6) is 0.0901. The summed E-state index contributed by atoms with van der Waals surface area (Å²) in [6.07, 6.45) is -0.970. The molecule has 0 bridgehead atoms. The molecule has 2 aromatic carbocycles. The van der Waals surface area contributed by atoms with Gasteiger partial charge in [0.05, 0.1) is 11.3 Å². The number of aromatic nitrogens is 1. The number of alkyl halides is 3. The lowest BCUT2D eigenvalue weighted by Crippen LogP contribution is -2.03. The van der Waals surface area contributed by atoms with Crippen molar-refractivity contribution in [2.75, 3.05) is 0 Å². The number of fused-ring (bicyclic) bond motifs is 1. The first-order valence-electron chi connectivity index (χ1n) is 6.87. The van der Waals surface area contributed by atoms with Gasteiger partial charge in [-0.05, 0) is 35.9 Å². The number of halogens is 3. The van der Waals surface area contributed by atoms with E-state index in [0.717, 1.165) is 17.5 Å². The first kappa shape index (κ1) is 15.1. The van der Waals surface area contributed by atoms with Crippen LogP contribution in [0, 0.1) is 0 Å². The van der Waals surface area contributed by atoms with E-state index < -0.39 is 11.7 Å². The lowest BCUT2D eigenvalue weighted by Gasteiger charge is -2.06. The van der Waals surface area contributed by atoms with Crippen LogP contribution in [-0.4, -0.2) is 10.1 Å². The lowest BCUT2D eigenvalue weighted by molar-refractivity contribution is -0.137. The van der Waals surface area contributed by atoms with Crippen molar-refractivity contribution < 1.29 is 18.3 Å². The first-order valence-corrected chi connectivity index (χ1v) is 6.87. The molecule has 23 heavy (non-hydrogen) atoms. The minimum atomic E-state index is -4.33. The van der Waals surface area contributed by atoms with Gasteiger partial charge >= 0.3 is 6.18 Å². The maximum Gasteiger partial charge on any atom is 0.416 e. The quantitative estimate of drug-likeness (QED) is 0.711. The second kappa shape index (κ2) is 5.76. The van der Waals surface area contributed by atoms with Crippen molar-refractivity contribution in [2.45, 2.75) is 6.18 Å². The largest absolute Gasteiger partial charge is 0.506 e. The van der Waals surface area contributed by atoms with Crippen molar-refractivity contribution in [1.29, 1.82) is 0 Å². The smallest absolute Gasteiger partial charge is 0.416 e. The van der Waals surface area contributed by atoms with Gasteiger partial charge in [-0.1, -0.05) is 36.4 Å². The Morgan fingerprint density at radius 1 is 0.870 bits per heavy atom. The number of phenolic OH excluding ortho intramolecular Hbond substituents is 1. The monoisotopic (exact) mass is 315 g/mol. The van der Waals surface area contributed by atoms with Crippen molar-refractivity contribution in [3.05, 3.63) is 71.4 Å². The molecule has 0 amide bonds. The van der Waals surface area contributed by atoms with Gasteiger partial charge in [-0.25, -0.2) is 4.98 Å². The van der Waals surface area contributed by atoms with Gasteiger partial charge in [0.15, 0.2) is 0 Å². The van der Waals surface area contributed by atoms with Gasteiger partial charge in [-0.3, -0.25) is 0 Å². The first-order chi connectivity index (χ1) is 10.9. The molecule has 0 saturated heterocycles. The van der Waals surface area contributed by atoms with Gasteiger partial charge in [0.1, 0.15) is 11.3 Å². The number of hydrogen-bond acceptors (Lipinski definition) is 2. The number of phenols is 1. The Hall–Kier alpha value is -2.82. The Bertz CT molecular complexity index is 868. The molecule has 0 unspecified atom stereocenters. The summed E-state index contributed by atoms with van der Waals surface area (Å²) < 4.78 is 37.5. The van der Waals surface area contributed by atoms with Crippen molar-refractivity contribution in [3.63, 3.8) is 0 Å². The fraction of sp³-hybridized carbons (Fsp3) is 0.0556. The van der Waals surface area contributed by atoms with Crippen LogP contribution in [0.15, 0.2) is 54.6 Å². The molecule has 0 fully saturated rings. The average Bonchev–Trinajstić information content (AvgIpc) is 2.53. The molecule has 0 aliphatic rings. The molecule has 0 atom stereocenters. The highest BCUT2D eigenvalue weighted by atomic mass is 19.4. The maximum absolute atomic E-state index is 12.5. The fourth-order valence-corrected chi connectivity index (χ4v) is 2.20. The predicted molar refractivity (Wildman–Crippen MR) is 83.8 cm³/mol. The molecule has 0 radical (unpaired) electrons. The summed E-state index contributed by atoms with van der Waals surface area (Å²) >= 11 is 0. The maximum atomic E-state index is 12.5. The summed E-state index contributed by atoms with van der Waals surface area (Å²) in [6.45, 7) is 0. The standard InChI is InChI=1S/C18H12F3NO/c19-18(20,21)14-8-4-12(5-9-14)6-10-15-11-7-13-2-1-3-16(23)17(13)22-15/h1-11,23H. The van der Waals surface area contributed by atoms with E-state index in [-0.39, 0.29) is 5.75 Å². The van der Waals surface area contributed by atoms with Crippen molar-refractivity contribution in [3.8, 4) is 5.75 Å². The van der Waals surface area contributed by atoms with Gasteiger partial charge in [0, 0.05) is 5.39 Å². The lowest BCUT2D eigenvalue weighted by atomic mass is 10.1. The number of hydrogen-bond donors (Lipinski definition) is 1. The van der Waals surface area contributed by atoms with E-state index in [2.05, 4.69) is 4.98 Å². The fourth-order valence-electron chi connectivity index (χ4n) is 2.20. The molecular weight excluding hydrogens is 303 g/mol. The Labute approximate surface area is 130 Å². The SMILES string of the molecule is Oc1cccc2ccc(C=Cc3ccc(C(F)(F)F)cc3)nc12. The molecule has 5 heteroatoms. The third-order valence-electron chi connectivity index (χ3n) is 3.41. The Balaban J connectivity index is 1.86. The normalized spacial score (nSPS) is 12.1. The number of rotatable bonds is 2. The highest BCUT2D eigenvalue weighted by molar-refractivity contribution is 5.85. The second-order valence-electron chi connectivity index (χ2n) is 5.04. The molecular formula is C18H12F3NO. The molecule has 116 valence electrons. The average molecular weight is 315 g/mol. The third-order valence-corrected chi connectivity index (χ3v) is 3.41. The molecule has 2 nitrogen and oxygen atoms in total. The summed E-state index contributed by atoms with van der Waals surface area (Å²) in [5, 5.41) is 10.6. The van der Waals surface area contributed by atoms with Gasteiger partial charge in [0.2, 0.25) is 0 Å². The zero-order valence-electron chi connectivity index (χ0n) is 11.9. The van der Waals surface area contributed by atoms with Crippen LogP contribution in [0.5, 0.6) is 5.75 Å². The molecule has 1 N–H and O–H groups in total. The Morgan fingerprint density at radius 2 is 1.61 bits per heavy atom. The highest BCUT2D eigenvalue weighted by Crippen LogP contribution is 2.29. The minimum Gasteiger partial charge on any atom is -0.506 e. The van der Waals surface area contributed by atoms with Crippen LogP contribution in [-0.2, 0) is 6.18 Å². The van der Waals surface area contributed by atoms with E-state index >= 15 is 0 Å². The zero-order chi connectivity index (χ0) is 16.4. The topological polar surface area (TPSA) is 33.1 Å². The van der Waals surface area contributed by atoms with Gasteiger partial charge in [-0.15, -0.1) is 0 Å². The molecule has 0 spiro atoms. The van der Waals surface area contributed by atoms with Gasteiger partial charge in [-0.2, -0.15) is 13.2 Å². The number of aromatic hydroxyl groups is 1. The van der Waals surface area contributed by atoms with E-state index in [1.54, 1.807) is 30.4 Å². The van der Waals surface area contributed by atoms with E-state index in [9.17, 15) is 18.3 Å². The van der Waals surface area contributed by atoms with Crippen molar-refractivity contribution >= 4 is 23.1 Å². The van der Waals surface area contributed by atoms with Crippen molar-refractivity contribution in [1.82, 2.24) is 4.98 Å². The Kier molecular flexibility index (Phi) is 3.78. The molecule has 0 aliphatic carbocycles. The molecule has 3 rings (SSSR count). The van der Waals surface area contributed by atoms with E-state index in [1.165, 1.54) is 12.1 Å². The van der Waals surface area contributed by atoms with E-state index in [1.807, 2.05) is 12.1 Å². The third kappa shape index (κ3) is 3.34. The van der Waals surface area contributed by atoms with Crippen LogP contribution >= 0.6 is 0 Å². The molecule has 1 heterocycles. The molecule has 3 aromatic rings. The molecule has 0 saturated carbocycles. The predicted octanol–water partition coefficient (Wildman–Crippen LogP) is 5.13. The molecule has 1 aromatic heterocycles. The number of nitrogens with zero attached hydrogens (tertiary/aromatic N) is 1. The van der Waals surface area contributed by atoms with E-state index in [0.29, 0.717) is 16.8 Å². The highest BCUT2D eigenvalue weighted by Gasteiger charge is 2.29. The van der Waals surface area contributed by atoms with Gasteiger partial charge in [0.25, 0.3) is 0 Å². The van der Waals surface area contributed by atoms with Crippen LogP contribution in [0.25, 0.3) is 23.1 Å².